The van der Waals surface area contributed by atoms with E-state index in [0.717, 1.165) is 34.7 Å². The molecule has 9 heteroatoms. The summed E-state index contributed by atoms with van der Waals surface area (Å²) in [7, 11) is 0. The van der Waals surface area contributed by atoms with Crippen LogP contribution < -0.4 is 5.32 Å². The van der Waals surface area contributed by atoms with Crippen molar-refractivity contribution in [2.45, 2.75) is 25.8 Å². The number of fused-ring (bicyclic) bond motifs is 1. The quantitative estimate of drug-likeness (QED) is 0.370. The van der Waals surface area contributed by atoms with Crippen molar-refractivity contribution in [2.75, 3.05) is 31.6 Å². The van der Waals surface area contributed by atoms with Crippen molar-refractivity contribution in [2.24, 2.45) is 0 Å². The molecule has 1 aliphatic rings. The molecule has 0 atom stereocenters. The number of likely N-dealkylation sites (tertiary alicyclic amines) is 1. The zero-order chi connectivity index (χ0) is 23.5. The molecule has 0 radical (unpaired) electrons. The highest BCUT2D eigenvalue weighted by atomic mass is 35.5. The van der Waals surface area contributed by atoms with Crippen LogP contribution in [0.1, 0.15) is 28.2 Å². The molecule has 2 aromatic heterocycles. The second-order valence-electron chi connectivity index (χ2n) is 8.42. The molecule has 0 unspecified atom stereocenters. The first-order valence-electron chi connectivity index (χ1n) is 11.5. The number of nitrogens with zero attached hydrogens (tertiary/aromatic N) is 4. The summed E-state index contributed by atoms with van der Waals surface area (Å²) < 4.78 is 2.17. The first kappa shape index (κ1) is 23.0. The van der Waals surface area contributed by atoms with E-state index in [4.69, 9.17) is 11.6 Å². The van der Waals surface area contributed by atoms with Crippen molar-refractivity contribution >= 4 is 45.6 Å². The molecule has 34 heavy (non-hydrogen) atoms. The number of aliphatic hydroxyl groups is 1. The summed E-state index contributed by atoms with van der Waals surface area (Å²) in [6, 6.07) is 13.1. The summed E-state index contributed by atoms with van der Waals surface area (Å²) in [5.74, 6) is -0.242. The van der Waals surface area contributed by atoms with Crippen LogP contribution in [0.2, 0.25) is 5.02 Å². The number of carbonyl (C=O) groups excluding carboxylic acids is 1. The molecular formula is C25H26ClN5O2S. The summed E-state index contributed by atoms with van der Waals surface area (Å²) in [6.07, 6.45) is 4.75. The fraction of sp³-hybridized carbons (Fsp3) is 0.320. The van der Waals surface area contributed by atoms with Crippen LogP contribution in [0.3, 0.4) is 0 Å². The van der Waals surface area contributed by atoms with Gasteiger partial charge in [0.2, 0.25) is 0 Å². The van der Waals surface area contributed by atoms with Gasteiger partial charge in [-0.15, -0.1) is 11.3 Å². The summed E-state index contributed by atoms with van der Waals surface area (Å²) >= 11 is 7.30. The lowest BCUT2D eigenvalue weighted by Gasteiger charge is -2.15. The predicted molar refractivity (Wildman–Crippen MR) is 137 cm³/mol. The number of aromatic nitrogens is 3. The fourth-order valence-corrected chi connectivity index (χ4v) is 5.42. The summed E-state index contributed by atoms with van der Waals surface area (Å²) in [6.45, 7) is 4.21. The molecule has 4 aromatic rings. The largest absolute Gasteiger partial charge is 0.396 e. The van der Waals surface area contributed by atoms with Gasteiger partial charge < -0.3 is 19.9 Å². The lowest BCUT2D eigenvalue weighted by Crippen LogP contribution is -2.23. The van der Waals surface area contributed by atoms with Gasteiger partial charge in [0, 0.05) is 42.4 Å². The van der Waals surface area contributed by atoms with Gasteiger partial charge in [0.15, 0.2) is 0 Å². The van der Waals surface area contributed by atoms with Crippen molar-refractivity contribution < 1.29 is 9.90 Å². The Morgan fingerprint density at radius 1 is 1.12 bits per heavy atom. The maximum absolute atomic E-state index is 13.1. The van der Waals surface area contributed by atoms with E-state index in [1.807, 2.05) is 36.7 Å². The van der Waals surface area contributed by atoms with Crippen molar-refractivity contribution in [3.05, 3.63) is 64.4 Å². The second-order valence-corrected chi connectivity index (χ2v) is 9.86. The summed E-state index contributed by atoms with van der Waals surface area (Å²) in [4.78, 5) is 25.3. The Hall–Kier alpha value is -2.78. The van der Waals surface area contributed by atoms with Gasteiger partial charge in [0.05, 0.1) is 23.1 Å². The standard InChI is InChI=1S/C25H26ClN5O2S/c26-18-5-3-17(4-6-18)25-29-20(9-14-32)23(34-25)24(33)28-19-7-8-22-21(15-19)27-16-31(22)13-12-30-10-1-2-11-30/h3-8,15-16,32H,1-2,9-14H2,(H,28,33). The van der Waals surface area contributed by atoms with E-state index in [1.54, 1.807) is 12.1 Å². The Morgan fingerprint density at radius 3 is 2.68 bits per heavy atom. The maximum Gasteiger partial charge on any atom is 0.267 e. The van der Waals surface area contributed by atoms with Crippen LogP contribution in [0, 0.1) is 0 Å². The number of aliphatic hydroxyl groups excluding tert-OH is 1. The molecule has 176 valence electrons. The summed E-state index contributed by atoms with van der Waals surface area (Å²) in [5, 5.41) is 13.8. The van der Waals surface area contributed by atoms with Crippen molar-refractivity contribution in [1.29, 1.82) is 0 Å². The first-order chi connectivity index (χ1) is 16.6. The van der Waals surface area contributed by atoms with Crippen molar-refractivity contribution in [3.8, 4) is 10.6 Å². The molecular weight excluding hydrogens is 470 g/mol. The molecule has 2 N–H and O–H groups in total. The molecule has 1 amide bonds. The molecule has 7 nitrogen and oxygen atoms in total. The minimum absolute atomic E-state index is 0.0785. The predicted octanol–water partition coefficient (Wildman–Crippen LogP) is 4.70. The molecule has 5 rings (SSSR count). The van der Waals surface area contributed by atoms with Crippen molar-refractivity contribution in [1.82, 2.24) is 19.4 Å². The maximum atomic E-state index is 13.1. The van der Waals surface area contributed by atoms with E-state index in [9.17, 15) is 9.90 Å². The van der Waals surface area contributed by atoms with Gasteiger partial charge in [-0.2, -0.15) is 0 Å². The average molecular weight is 496 g/mol. The Morgan fingerprint density at radius 2 is 1.91 bits per heavy atom. The third-order valence-corrected chi connectivity index (χ3v) is 7.48. The number of benzene rings is 2. The number of nitrogens with one attached hydrogen (secondary N) is 1. The van der Waals surface area contributed by atoms with Crippen LogP contribution in [0.25, 0.3) is 21.6 Å². The zero-order valence-electron chi connectivity index (χ0n) is 18.7. The highest BCUT2D eigenvalue weighted by molar-refractivity contribution is 7.17. The highest BCUT2D eigenvalue weighted by Gasteiger charge is 2.19. The Kier molecular flexibility index (Phi) is 6.92. The molecule has 2 aromatic carbocycles. The molecule has 1 saturated heterocycles. The van der Waals surface area contributed by atoms with Crippen LogP contribution >= 0.6 is 22.9 Å². The zero-order valence-corrected chi connectivity index (χ0v) is 20.3. The number of imidazole rings is 1. The molecule has 0 bridgehead atoms. The number of hydrogen-bond donors (Lipinski definition) is 2. The van der Waals surface area contributed by atoms with Crippen molar-refractivity contribution in [3.63, 3.8) is 0 Å². The van der Waals surface area contributed by atoms with E-state index in [-0.39, 0.29) is 12.5 Å². The molecule has 1 fully saturated rings. The second kappa shape index (κ2) is 10.2. The van der Waals surface area contributed by atoms with E-state index in [0.29, 0.717) is 27.7 Å². The molecule has 0 spiro atoms. The lowest BCUT2D eigenvalue weighted by atomic mass is 10.2. The Bertz CT molecular complexity index is 1290. The summed E-state index contributed by atoms with van der Waals surface area (Å²) in [5.41, 5.74) is 4.05. The van der Waals surface area contributed by atoms with E-state index in [1.165, 1.54) is 37.3 Å². The molecule has 3 heterocycles. The Labute approximate surface area is 207 Å². The van der Waals surface area contributed by atoms with Gasteiger partial charge in [-0.1, -0.05) is 23.7 Å². The van der Waals surface area contributed by atoms with Gasteiger partial charge in [0.25, 0.3) is 5.91 Å². The van der Waals surface area contributed by atoms with Gasteiger partial charge in [-0.3, -0.25) is 4.79 Å². The van der Waals surface area contributed by atoms with Gasteiger partial charge in [-0.05, 0) is 56.3 Å². The normalized spacial score (nSPS) is 14.2. The first-order valence-corrected chi connectivity index (χ1v) is 12.7. The average Bonchev–Trinajstić information content (AvgIpc) is 3.58. The number of halogens is 1. The third-order valence-electron chi connectivity index (χ3n) is 6.08. The van der Waals surface area contributed by atoms with Crippen LogP contribution in [-0.2, 0) is 13.0 Å². The van der Waals surface area contributed by atoms with E-state index < -0.39 is 0 Å². The molecule has 0 aliphatic carbocycles. The highest BCUT2D eigenvalue weighted by Crippen LogP contribution is 2.30. The Balaban J connectivity index is 1.33. The lowest BCUT2D eigenvalue weighted by molar-refractivity contribution is 0.102. The van der Waals surface area contributed by atoms with Crippen LogP contribution in [0.4, 0.5) is 5.69 Å². The molecule has 1 aliphatic heterocycles. The number of carbonyl (C=O) groups is 1. The van der Waals surface area contributed by atoms with E-state index >= 15 is 0 Å². The number of hydrogen-bond acceptors (Lipinski definition) is 6. The van der Waals surface area contributed by atoms with Gasteiger partial charge in [0.1, 0.15) is 9.88 Å². The minimum Gasteiger partial charge on any atom is -0.396 e. The minimum atomic E-state index is -0.242. The fourth-order valence-electron chi connectivity index (χ4n) is 4.28. The van der Waals surface area contributed by atoms with Crippen LogP contribution in [0.5, 0.6) is 0 Å². The van der Waals surface area contributed by atoms with Crippen LogP contribution in [-0.4, -0.2) is 56.7 Å². The van der Waals surface area contributed by atoms with Crippen LogP contribution in [0.15, 0.2) is 48.8 Å². The number of thiazole rings is 1. The van der Waals surface area contributed by atoms with Gasteiger partial charge in [-0.25, -0.2) is 9.97 Å². The topological polar surface area (TPSA) is 83.3 Å². The van der Waals surface area contributed by atoms with Gasteiger partial charge >= 0.3 is 0 Å². The van der Waals surface area contributed by atoms with E-state index in [2.05, 4.69) is 24.8 Å². The molecule has 0 saturated carbocycles. The number of rotatable bonds is 8. The smallest absolute Gasteiger partial charge is 0.267 e. The number of anilines is 1. The monoisotopic (exact) mass is 495 g/mol. The third kappa shape index (κ3) is 5.00. The SMILES string of the molecule is O=C(Nc1ccc2c(c1)ncn2CCN1CCCC1)c1sc(-c2ccc(Cl)cc2)nc1CCO. The number of amides is 1.